The van der Waals surface area contributed by atoms with Crippen LogP contribution in [-0.4, -0.2) is 44.2 Å². The van der Waals surface area contributed by atoms with Crippen molar-refractivity contribution in [2.45, 2.75) is 44.7 Å². The van der Waals surface area contributed by atoms with Crippen LogP contribution >= 0.6 is 0 Å². The fraction of sp³-hybridized carbons (Fsp3) is 0.667. The van der Waals surface area contributed by atoms with Gasteiger partial charge in [0.2, 0.25) is 0 Å². The monoisotopic (exact) mass is 334 g/mol. The maximum absolute atomic E-state index is 12.7. The predicted octanol–water partition coefficient (Wildman–Crippen LogP) is 1.75. The minimum Gasteiger partial charge on any atom is -0.466 e. The molecule has 24 heavy (non-hydrogen) atoms. The third-order valence-electron chi connectivity index (χ3n) is 5.62. The van der Waals surface area contributed by atoms with Gasteiger partial charge in [0, 0.05) is 5.92 Å². The van der Waals surface area contributed by atoms with E-state index in [0.717, 1.165) is 12.8 Å². The Kier molecular flexibility index (Phi) is 3.25. The van der Waals surface area contributed by atoms with Gasteiger partial charge in [-0.05, 0) is 32.6 Å². The number of rotatable bonds is 3. The van der Waals surface area contributed by atoms with Gasteiger partial charge < -0.3 is 18.9 Å². The average Bonchev–Trinajstić information content (AvgIpc) is 3.35. The van der Waals surface area contributed by atoms with Crippen LogP contribution in [0.15, 0.2) is 23.3 Å². The van der Waals surface area contributed by atoms with Crippen molar-refractivity contribution in [3.63, 3.8) is 0 Å². The number of carbonyl (C=O) groups is 2. The summed E-state index contributed by atoms with van der Waals surface area (Å²) in [6.45, 7) is 3.72. The molecule has 1 heterocycles. The maximum atomic E-state index is 12.7. The molecule has 2 bridgehead atoms. The van der Waals surface area contributed by atoms with Gasteiger partial charge in [-0.15, -0.1) is 0 Å². The summed E-state index contributed by atoms with van der Waals surface area (Å²) in [6, 6.07) is 0. The van der Waals surface area contributed by atoms with Crippen LogP contribution in [0.25, 0.3) is 0 Å². The Hall–Kier alpha value is -1.66. The summed E-state index contributed by atoms with van der Waals surface area (Å²) in [5.74, 6) is -1.86. The van der Waals surface area contributed by atoms with E-state index in [1.165, 1.54) is 14.2 Å². The van der Waals surface area contributed by atoms with Crippen LogP contribution in [-0.2, 0) is 28.5 Å². The third-order valence-corrected chi connectivity index (χ3v) is 5.62. The highest BCUT2D eigenvalue weighted by Gasteiger charge is 2.68. The van der Waals surface area contributed by atoms with Gasteiger partial charge in [0.05, 0.1) is 36.9 Å². The normalized spacial score (nSPS) is 38.9. The number of hydrogen-bond donors (Lipinski definition) is 0. The van der Waals surface area contributed by atoms with Crippen molar-refractivity contribution in [2.24, 2.45) is 17.3 Å². The number of methoxy groups -OCH3 is 2. The van der Waals surface area contributed by atoms with Crippen molar-refractivity contribution in [2.75, 3.05) is 14.2 Å². The lowest BCUT2D eigenvalue weighted by Gasteiger charge is -2.49. The summed E-state index contributed by atoms with van der Waals surface area (Å²) < 4.78 is 22.3. The van der Waals surface area contributed by atoms with Crippen LogP contribution in [0.4, 0.5) is 0 Å². The molecule has 0 aromatic carbocycles. The van der Waals surface area contributed by atoms with Crippen molar-refractivity contribution >= 4 is 11.9 Å². The summed E-state index contributed by atoms with van der Waals surface area (Å²) in [5, 5.41) is 0. The second-order valence-electron chi connectivity index (χ2n) is 7.38. The summed E-state index contributed by atoms with van der Waals surface area (Å²) >= 11 is 0. The van der Waals surface area contributed by atoms with Crippen LogP contribution in [0.1, 0.15) is 26.7 Å². The van der Waals surface area contributed by atoms with Crippen molar-refractivity contribution in [1.29, 1.82) is 0 Å². The smallest absolute Gasteiger partial charge is 0.335 e. The Morgan fingerprint density at radius 2 is 1.79 bits per heavy atom. The lowest BCUT2D eigenvalue weighted by molar-refractivity contribution is -0.155. The van der Waals surface area contributed by atoms with Crippen LogP contribution in [0, 0.1) is 17.3 Å². The van der Waals surface area contributed by atoms with E-state index in [1.54, 1.807) is 0 Å². The second kappa shape index (κ2) is 4.92. The SMILES string of the molecule is COC(=O)C1=C(C(=O)OC)[C@@]2(C3CC3)C=C[C@@H]1[C@@H]1OC(C)(C)O[C@@H]12. The summed E-state index contributed by atoms with van der Waals surface area (Å²) in [7, 11) is 2.66. The van der Waals surface area contributed by atoms with Crippen molar-refractivity contribution in [3.05, 3.63) is 23.3 Å². The summed E-state index contributed by atoms with van der Waals surface area (Å²) in [5.41, 5.74) is 0.0831. The summed E-state index contributed by atoms with van der Waals surface area (Å²) in [4.78, 5) is 25.2. The van der Waals surface area contributed by atoms with Crippen molar-refractivity contribution in [1.82, 2.24) is 0 Å². The van der Waals surface area contributed by atoms with Gasteiger partial charge in [-0.3, -0.25) is 0 Å². The first-order chi connectivity index (χ1) is 11.4. The molecule has 0 amide bonds. The predicted molar refractivity (Wildman–Crippen MR) is 82.7 cm³/mol. The number of hydrogen-bond acceptors (Lipinski definition) is 6. The first kappa shape index (κ1) is 15.8. The Bertz CT molecular complexity index is 671. The van der Waals surface area contributed by atoms with Gasteiger partial charge in [-0.25, -0.2) is 9.59 Å². The molecule has 1 saturated carbocycles. The molecule has 6 heteroatoms. The molecule has 0 radical (unpaired) electrons. The quantitative estimate of drug-likeness (QED) is 0.578. The Morgan fingerprint density at radius 1 is 1.12 bits per heavy atom. The number of esters is 2. The van der Waals surface area contributed by atoms with Gasteiger partial charge in [0.25, 0.3) is 0 Å². The molecule has 2 fully saturated rings. The molecule has 0 unspecified atom stereocenters. The highest BCUT2D eigenvalue weighted by Crippen LogP contribution is 2.64. The highest BCUT2D eigenvalue weighted by atomic mass is 16.8. The van der Waals surface area contributed by atoms with E-state index < -0.39 is 23.1 Å². The largest absolute Gasteiger partial charge is 0.466 e. The molecule has 0 N–H and O–H groups in total. The first-order valence-corrected chi connectivity index (χ1v) is 8.32. The summed E-state index contributed by atoms with van der Waals surface area (Å²) in [6.07, 6.45) is 5.39. The standard InChI is InChI=1S/C18H22O6/c1-17(2)23-13-10-7-8-18(9-5-6-9,14(13)24-17)12(16(20)22-4)11(10)15(19)21-3/h7-10,13-14H,5-6H2,1-4H3/t10-,13-,14-,18-/m0/s1. The Morgan fingerprint density at radius 3 is 2.38 bits per heavy atom. The van der Waals surface area contributed by atoms with Crippen LogP contribution in [0.2, 0.25) is 0 Å². The van der Waals surface area contributed by atoms with Crippen molar-refractivity contribution < 1.29 is 28.5 Å². The highest BCUT2D eigenvalue weighted by molar-refractivity contribution is 6.03. The van der Waals surface area contributed by atoms with E-state index >= 15 is 0 Å². The number of ether oxygens (including phenoxy) is 4. The fourth-order valence-electron chi connectivity index (χ4n) is 4.64. The molecule has 1 saturated heterocycles. The second-order valence-corrected chi connectivity index (χ2v) is 7.38. The molecule has 0 aromatic rings. The molecule has 5 rings (SSSR count). The minimum absolute atomic E-state index is 0.244. The van der Waals surface area contributed by atoms with E-state index in [9.17, 15) is 9.59 Å². The van der Waals surface area contributed by atoms with Crippen molar-refractivity contribution in [3.8, 4) is 0 Å². The fourth-order valence-corrected chi connectivity index (χ4v) is 4.64. The average molecular weight is 334 g/mol. The lowest BCUT2D eigenvalue weighted by Crippen LogP contribution is -2.56. The molecule has 0 aromatic heterocycles. The maximum Gasteiger partial charge on any atom is 0.335 e. The van der Waals surface area contributed by atoms with Crippen LogP contribution < -0.4 is 0 Å². The van der Waals surface area contributed by atoms with E-state index in [0.29, 0.717) is 11.1 Å². The number of carbonyl (C=O) groups excluding carboxylic acids is 2. The molecular weight excluding hydrogens is 312 g/mol. The third kappa shape index (κ3) is 1.90. The lowest BCUT2D eigenvalue weighted by atomic mass is 9.56. The molecule has 4 atom stereocenters. The zero-order valence-corrected chi connectivity index (χ0v) is 14.3. The van der Waals surface area contributed by atoms with Gasteiger partial charge in [-0.2, -0.15) is 0 Å². The van der Waals surface area contributed by atoms with Crippen LogP contribution in [0.5, 0.6) is 0 Å². The molecule has 4 aliphatic carbocycles. The van der Waals surface area contributed by atoms with Gasteiger partial charge in [-0.1, -0.05) is 12.2 Å². The van der Waals surface area contributed by atoms with E-state index in [-0.39, 0.29) is 24.0 Å². The van der Waals surface area contributed by atoms with Gasteiger partial charge in [0.1, 0.15) is 6.10 Å². The van der Waals surface area contributed by atoms with Gasteiger partial charge >= 0.3 is 11.9 Å². The molecule has 0 spiro atoms. The zero-order valence-electron chi connectivity index (χ0n) is 14.3. The van der Waals surface area contributed by atoms with Gasteiger partial charge in [0.15, 0.2) is 5.79 Å². The zero-order chi connectivity index (χ0) is 17.3. The van der Waals surface area contributed by atoms with Crippen LogP contribution in [0.3, 0.4) is 0 Å². The Balaban J connectivity index is 1.94. The minimum atomic E-state index is -0.757. The molecular formula is C18H22O6. The van der Waals surface area contributed by atoms with E-state index in [4.69, 9.17) is 18.9 Å². The van der Waals surface area contributed by atoms with E-state index in [1.807, 2.05) is 26.0 Å². The first-order valence-electron chi connectivity index (χ1n) is 8.32. The molecule has 6 nitrogen and oxygen atoms in total. The Labute approximate surface area is 140 Å². The molecule has 5 aliphatic rings. The molecule has 1 aliphatic heterocycles. The molecule has 130 valence electrons. The topological polar surface area (TPSA) is 71.1 Å². The van der Waals surface area contributed by atoms with E-state index in [2.05, 4.69) is 0 Å².